The third kappa shape index (κ3) is 15.6. The highest BCUT2D eigenvalue weighted by Crippen LogP contribution is 2.12. The predicted octanol–water partition coefficient (Wildman–Crippen LogP) is 7.06. The first-order valence-electron chi connectivity index (χ1n) is 12.6. The van der Waals surface area contributed by atoms with Crippen LogP contribution in [0.1, 0.15) is 109 Å². The highest BCUT2D eigenvalue weighted by atomic mass is 16.5. The Labute approximate surface area is 190 Å². The van der Waals surface area contributed by atoms with Crippen LogP contribution in [0, 0.1) is 0 Å². The van der Waals surface area contributed by atoms with Gasteiger partial charge in [0.2, 0.25) is 5.91 Å². The maximum absolute atomic E-state index is 12.2. The van der Waals surface area contributed by atoms with Crippen LogP contribution < -0.4 is 0 Å². The molecule has 176 valence electrons. The molecule has 0 fully saturated rings. The average molecular weight is 432 g/mol. The number of esters is 1. The zero-order valence-corrected chi connectivity index (χ0v) is 20.1. The second-order valence-corrected chi connectivity index (χ2v) is 8.70. The summed E-state index contributed by atoms with van der Waals surface area (Å²) < 4.78 is 5.31. The Bertz CT molecular complexity index is 573. The van der Waals surface area contributed by atoms with E-state index >= 15 is 0 Å². The molecule has 0 heterocycles. The van der Waals surface area contributed by atoms with E-state index in [1.54, 1.807) is 11.9 Å². The van der Waals surface area contributed by atoms with Crippen molar-refractivity contribution in [2.24, 2.45) is 0 Å². The summed E-state index contributed by atoms with van der Waals surface area (Å²) in [5, 5.41) is 0. The number of amides is 1. The summed E-state index contributed by atoms with van der Waals surface area (Å²) in [5.41, 5.74) is 1.11. The molecule has 31 heavy (non-hydrogen) atoms. The molecule has 0 aliphatic rings. The van der Waals surface area contributed by atoms with Crippen LogP contribution in [0.2, 0.25) is 0 Å². The first-order chi connectivity index (χ1) is 15.1. The molecule has 0 unspecified atom stereocenters. The number of rotatable bonds is 19. The molecular weight excluding hydrogens is 386 g/mol. The Hall–Kier alpha value is -1.84. The Kier molecular flexibility index (Phi) is 16.6. The van der Waals surface area contributed by atoms with E-state index in [9.17, 15) is 9.59 Å². The molecule has 0 N–H and O–H groups in total. The molecule has 1 amide bonds. The number of ether oxygens (including phenoxy) is 1. The van der Waals surface area contributed by atoms with Crippen LogP contribution in [-0.2, 0) is 20.9 Å². The van der Waals surface area contributed by atoms with Crippen molar-refractivity contribution in [2.45, 2.75) is 110 Å². The third-order valence-corrected chi connectivity index (χ3v) is 5.72. The molecule has 4 nitrogen and oxygen atoms in total. The van der Waals surface area contributed by atoms with Gasteiger partial charge in [0, 0.05) is 26.4 Å². The van der Waals surface area contributed by atoms with Crippen molar-refractivity contribution < 1.29 is 14.3 Å². The number of carbonyl (C=O) groups excluding carboxylic acids is 2. The summed E-state index contributed by atoms with van der Waals surface area (Å²) in [6, 6.07) is 9.93. The number of unbranched alkanes of at least 4 members (excludes halogenated alkanes) is 11. The van der Waals surface area contributed by atoms with Crippen molar-refractivity contribution >= 4 is 11.9 Å². The highest BCUT2D eigenvalue weighted by Gasteiger charge is 2.11. The van der Waals surface area contributed by atoms with Crippen molar-refractivity contribution in [3.8, 4) is 0 Å². The summed E-state index contributed by atoms with van der Waals surface area (Å²) in [6.45, 7) is 3.37. The maximum atomic E-state index is 12.2. The Morgan fingerprint density at radius 2 is 1.29 bits per heavy atom. The Balaban J connectivity index is 1.89. The van der Waals surface area contributed by atoms with Gasteiger partial charge in [0.1, 0.15) is 0 Å². The SMILES string of the molecule is CCCCCCCCCCCCCCOC(=O)CCCC(=O)N(C)Cc1ccccc1. The van der Waals surface area contributed by atoms with Crippen molar-refractivity contribution in [2.75, 3.05) is 13.7 Å². The van der Waals surface area contributed by atoms with Gasteiger partial charge < -0.3 is 9.64 Å². The molecule has 0 atom stereocenters. The molecule has 0 saturated heterocycles. The molecule has 1 aromatic rings. The summed E-state index contributed by atoms with van der Waals surface area (Å²) in [7, 11) is 1.81. The zero-order valence-electron chi connectivity index (χ0n) is 20.1. The molecule has 4 heteroatoms. The topological polar surface area (TPSA) is 46.6 Å². The molecule has 0 spiro atoms. The first kappa shape index (κ1) is 27.2. The van der Waals surface area contributed by atoms with E-state index in [4.69, 9.17) is 4.74 Å². The average Bonchev–Trinajstić information content (AvgIpc) is 2.77. The molecule has 0 aliphatic carbocycles. The number of carbonyl (C=O) groups is 2. The summed E-state index contributed by atoms with van der Waals surface area (Å²) in [4.78, 5) is 25.7. The summed E-state index contributed by atoms with van der Waals surface area (Å²) in [5.74, 6) is -0.112. The van der Waals surface area contributed by atoms with Crippen molar-refractivity contribution in [3.05, 3.63) is 35.9 Å². The van der Waals surface area contributed by atoms with Gasteiger partial charge in [-0.15, -0.1) is 0 Å². The van der Waals surface area contributed by atoms with Crippen LogP contribution in [0.3, 0.4) is 0 Å². The molecule has 0 radical (unpaired) electrons. The van der Waals surface area contributed by atoms with E-state index in [0.717, 1.165) is 18.4 Å². The third-order valence-electron chi connectivity index (χ3n) is 5.72. The molecule has 1 rings (SSSR count). The van der Waals surface area contributed by atoms with Crippen LogP contribution in [-0.4, -0.2) is 30.4 Å². The normalized spacial score (nSPS) is 10.8. The van der Waals surface area contributed by atoms with Crippen LogP contribution in [0.4, 0.5) is 0 Å². The van der Waals surface area contributed by atoms with Crippen molar-refractivity contribution in [1.82, 2.24) is 4.90 Å². The van der Waals surface area contributed by atoms with Crippen LogP contribution >= 0.6 is 0 Å². The van der Waals surface area contributed by atoms with Gasteiger partial charge >= 0.3 is 5.97 Å². The van der Waals surface area contributed by atoms with E-state index in [2.05, 4.69) is 6.92 Å². The van der Waals surface area contributed by atoms with Gasteiger partial charge in [0.15, 0.2) is 0 Å². The minimum Gasteiger partial charge on any atom is -0.466 e. The molecule has 0 aliphatic heterocycles. The predicted molar refractivity (Wildman–Crippen MR) is 129 cm³/mol. The minimum atomic E-state index is -0.179. The van der Waals surface area contributed by atoms with Crippen LogP contribution in [0.25, 0.3) is 0 Å². The van der Waals surface area contributed by atoms with Gasteiger partial charge in [0.25, 0.3) is 0 Å². The quantitative estimate of drug-likeness (QED) is 0.174. The summed E-state index contributed by atoms with van der Waals surface area (Å²) >= 11 is 0. The lowest BCUT2D eigenvalue weighted by atomic mass is 10.1. The second-order valence-electron chi connectivity index (χ2n) is 8.70. The van der Waals surface area contributed by atoms with Gasteiger partial charge in [0.05, 0.1) is 6.61 Å². The highest BCUT2D eigenvalue weighted by molar-refractivity contribution is 5.77. The smallest absolute Gasteiger partial charge is 0.305 e. The van der Waals surface area contributed by atoms with E-state index in [-0.39, 0.29) is 11.9 Å². The zero-order chi connectivity index (χ0) is 22.6. The van der Waals surface area contributed by atoms with Gasteiger partial charge in [-0.1, -0.05) is 108 Å². The first-order valence-corrected chi connectivity index (χ1v) is 12.6. The van der Waals surface area contributed by atoms with Crippen LogP contribution in [0.5, 0.6) is 0 Å². The van der Waals surface area contributed by atoms with Gasteiger partial charge in [-0.2, -0.15) is 0 Å². The Morgan fingerprint density at radius 3 is 1.87 bits per heavy atom. The Morgan fingerprint density at radius 1 is 0.742 bits per heavy atom. The number of hydrogen-bond donors (Lipinski definition) is 0. The lowest BCUT2D eigenvalue weighted by Crippen LogP contribution is -2.26. The van der Waals surface area contributed by atoms with Crippen LogP contribution in [0.15, 0.2) is 30.3 Å². The number of nitrogens with zero attached hydrogens (tertiary/aromatic N) is 1. The van der Waals surface area contributed by atoms with E-state index < -0.39 is 0 Å². The van der Waals surface area contributed by atoms with Crippen molar-refractivity contribution in [3.63, 3.8) is 0 Å². The van der Waals surface area contributed by atoms with Crippen molar-refractivity contribution in [1.29, 1.82) is 0 Å². The molecule has 0 bridgehead atoms. The number of hydrogen-bond acceptors (Lipinski definition) is 3. The summed E-state index contributed by atoms with van der Waals surface area (Å²) in [6.07, 6.45) is 16.8. The molecule has 1 aromatic carbocycles. The van der Waals surface area contributed by atoms with E-state index in [1.165, 1.54) is 64.2 Å². The van der Waals surface area contributed by atoms with Gasteiger partial charge in [-0.05, 0) is 18.4 Å². The largest absolute Gasteiger partial charge is 0.466 e. The molecular formula is C27H45NO3. The number of benzene rings is 1. The fourth-order valence-electron chi connectivity index (χ4n) is 3.72. The lowest BCUT2D eigenvalue weighted by Gasteiger charge is -2.17. The minimum absolute atomic E-state index is 0.0672. The maximum Gasteiger partial charge on any atom is 0.305 e. The molecule has 0 saturated carbocycles. The lowest BCUT2D eigenvalue weighted by molar-refractivity contribution is -0.144. The van der Waals surface area contributed by atoms with Gasteiger partial charge in [-0.3, -0.25) is 9.59 Å². The fraction of sp³-hybridized carbons (Fsp3) is 0.704. The standard InChI is InChI=1S/C27H45NO3/c1-3-4-5-6-7-8-9-10-11-12-13-17-23-31-27(30)22-18-21-26(29)28(2)24-25-19-15-14-16-20-25/h14-16,19-20H,3-13,17-18,21-24H2,1-2H3. The van der Waals surface area contributed by atoms with E-state index in [1.807, 2.05) is 30.3 Å². The van der Waals surface area contributed by atoms with Gasteiger partial charge in [-0.25, -0.2) is 0 Å². The molecule has 0 aromatic heterocycles. The fourth-order valence-corrected chi connectivity index (χ4v) is 3.72. The second kappa shape index (κ2) is 18.9. The van der Waals surface area contributed by atoms with E-state index in [0.29, 0.717) is 32.4 Å². The monoisotopic (exact) mass is 431 g/mol.